The number of benzene rings is 2. The van der Waals surface area contributed by atoms with Gasteiger partial charge in [-0.3, -0.25) is 4.79 Å². The Bertz CT molecular complexity index is 1120. The maximum absolute atomic E-state index is 14.6. The zero-order valence-corrected chi connectivity index (χ0v) is 15.7. The Morgan fingerprint density at radius 3 is 2.48 bits per heavy atom. The molecule has 0 heterocycles. The standard InChI is InChI=1S/C21H14F4N2O4/c1-26-17-8-6-14(20(29)30)18(17)19(28)27-16-7-5-12(10-15(16)22)11-3-2-4-13(9-11)31-21(23,24)25/h2-5,7,9-10,17H,6,8H2,(H,27,28)(H,29,30). The summed E-state index contributed by atoms with van der Waals surface area (Å²) in [6, 6.07) is 7.61. The van der Waals surface area contributed by atoms with Crippen LogP contribution in [0.4, 0.5) is 23.2 Å². The number of carbonyl (C=O) groups is 2. The van der Waals surface area contributed by atoms with Crippen molar-refractivity contribution in [1.82, 2.24) is 0 Å². The van der Waals surface area contributed by atoms with E-state index < -0.39 is 35.8 Å². The number of rotatable bonds is 5. The Balaban J connectivity index is 1.84. The van der Waals surface area contributed by atoms with Crippen molar-refractivity contribution in [2.45, 2.75) is 25.2 Å². The molecule has 0 aliphatic heterocycles. The molecule has 1 aliphatic rings. The lowest BCUT2D eigenvalue weighted by Crippen LogP contribution is -2.22. The SMILES string of the molecule is [C-]#[N+]C1CCC(C(=O)O)=C1C(=O)Nc1ccc(-c2cccc(OC(F)(F)F)c2)cc1F. The van der Waals surface area contributed by atoms with E-state index >= 15 is 0 Å². The van der Waals surface area contributed by atoms with Gasteiger partial charge in [0.1, 0.15) is 17.1 Å². The monoisotopic (exact) mass is 434 g/mol. The van der Waals surface area contributed by atoms with Gasteiger partial charge in [0, 0.05) is 6.42 Å². The van der Waals surface area contributed by atoms with E-state index in [0.29, 0.717) is 0 Å². The topological polar surface area (TPSA) is 80.0 Å². The molecule has 160 valence electrons. The molecule has 3 rings (SSSR count). The predicted octanol–water partition coefficient (Wildman–Crippen LogP) is 4.79. The molecule has 1 aliphatic carbocycles. The fourth-order valence-corrected chi connectivity index (χ4v) is 3.26. The summed E-state index contributed by atoms with van der Waals surface area (Å²) in [5.74, 6) is -3.55. The quantitative estimate of drug-likeness (QED) is 0.524. The van der Waals surface area contributed by atoms with Crippen molar-refractivity contribution in [1.29, 1.82) is 0 Å². The van der Waals surface area contributed by atoms with Crippen molar-refractivity contribution >= 4 is 17.6 Å². The molecule has 1 atom stereocenters. The highest BCUT2D eigenvalue weighted by atomic mass is 19.4. The number of hydrogen-bond acceptors (Lipinski definition) is 3. The highest BCUT2D eigenvalue weighted by Crippen LogP contribution is 2.32. The summed E-state index contributed by atoms with van der Waals surface area (Å²) in [5.41, 5.74) is -0.170. The van der Waals surface area contributed by atoms with Gasteiger partial charge in [0.05, 0.1) is 11.3 Å². The van der Waals surface area contributed by atoms with Crippen molar-refractivity contribution in [2.75, 3.05) is 5.32 Å². The van der Waals surface area contributed by atoms with E-state index in [1.54, 1.807) is 0 Å². The number of aliphatic carboxylic acids is 1. The normalized spacial score (nSPS) is 16.0. The van der Waals surface area contributed by atoms with Gasteiger partial charge in [0.25, 0.3) is 11.9 Å². The first-order valence-corrected chi connectivity index (χ1v) is 8.89. The van der Waals surface area contributed by atoms with Gasteiger partial charge < -0.3 is 20.0 Å². The maximum Gasteiger partial charge on any atom is 0.573 e. The molecule has 1 unspecified atom stereocenters. The molecule has 1 amide bonds. The van der Waals surface area contributed by atoms with Gasteiger partial charge in [-0.05, 0) is 41.8 Å². The number of hydrogen-bond donors (Lipinski definition) is 2. The molecule has 0 fully saturated rings. The van der Waals surface area contributed by atoms with E-state index in [9.17, 15) is 32.3 Å². The molecular weight excluding hydrogens is 420 g/mol. The molecule has 0 bridgehead atoms. The summed E-state index contributed by atoms with van der Waals surface area (Å²) < 4.78 is 55.6. The number of anilines is 1. The lowest BCUT2D eigenvalue weighted by atomic mass is 10.0. The van der Waals surface area contributed by atoms with E-state index in [2.05, 4.69) is 14.9 Å². The first-order chi connectivity index (χ1) is 14.6. The summed E-state index contributed by atoms with van der Waals surface area (Å²) in [6.07, 6.45) is -4.63. The molecule has 2 aromatic rings. The Labute approximate surface area is 173 Å². The van der Waals surface area contributed by atoms with Crippen LogP contribution in [0.15, 0.2) is 53.6 Å². The molecule has 31 heavy (non-hydrogen) atoms. The van der Waals surface area contributed by atoms with Crippen molar-refractivity contribution < 1.29 is 37.0 Å². The van der Waals surface area contributed by atoms with Crippen LogP contribution in [-0.2, 0) is 9.59 Å². The number of alkyl halides is 3. The van der Waals surface area contributed by atoms with Crippen molar-refractivity contribution in [3.8, 4) is 16.9 Å². The van der Waals surface area contributed by atoms with Gasteiger partial charge >= 0.3 is 12.3 Å². The predicted molar refractivity (Wildman–Crippen MR) is 101 cm³/mol. The van der Waals surface area contributed by atoms with Gasteiger partial charge in [0.2, 0.25) is 0 Å². The summed E-state index contributed by atoms with van der Waals surface area (Å²) >= 11 is 0. The smallest absolute Gasteiger partial charge is 0.478 e. The highest BCUT2D eigenvalue weighted by Gasteiger charge is 2.38. The van der Waals surface area contributed by atoms with Crippen molar-refractivity contribution in [3.05, 3.63) is 70.8 Å². The van der Waals surface area contributed by atoms with Crippen LogP contribution in [0.25, 0.3) is 16.0 Å². The average Bonchev–Trinajstić information content (AvgIpc) is 3.13. The summed E-state index contributed by atoms with van der Waals surface area (Å²) in [7, 11) is 0. The Morgan fingerprint density at radius 1 is 1.16 bits per heavy atom. The number of carboxylic acid groups (broad SMARTS) is 1. The minimum atomic E-state index is -4.87. The van der Waals surface area contributed by atoms with Gasteiger partial charge in [-0.1, -0.05) is 18.2 Å². The van der Waals surface area contributed by atoms with Gasteiger partial charge in [0.15, 0.2) is 0 Å². The first-order valence-electron chi connectivity index (χ1n) is 8.89. The van der Waals surface area contributed by atoms with Crippen molar-refractivity contribution in [2.24, 2.45) is 0 Å². The van der Waals surface area contributed by atoms with Crippen molar-refractivity contribution in [3.63, 3.8) is 0 Å². The molecule has 0 saturated carbocycles. The molecule has 0 radical (unpaired) electrons. The minimum Gasteiger partial charge on any atom is -0.478 e. The van der Waals surface area contributed by atoms with Crippen LogP contribution >= 0.6 is 0 Å². The Hall–Kier alpha value is -3.87. The molecule has 0 spiro atoms. The van der Waals surface area contributed by atoms with Crippen LogP contribution < -0.4 is 10.1 Å². The molecule has 2 aromatic carbocycles. The van der Waals surface area contributed by atoms with Crippen LogP contribution in [0.1, 0.15) is 12.8 Å². The third kappa shape index (κ3) is 5.01. The Morgan fingerprint density at radius 2 is 1.87 bits per heavy atom. The van der Waals surface area contributed by atoms with Gasteiger partial charge in [-0.25, -0.2) is 15.8 Å². The molecule has 10 heteroatoms. The van der Waals surface area contributed by atoms with Crippen LogP contribution in [0.3, 0.4) is 0 Å². The summed E-state index contributed by atoms with van der Waals surface area (Å²) in [5, 5.41) is 11.5. The zero-order valence-electron chi connectivity index (χ0n) is 15.7. The lowest BCUT2D eigenvalue weighted by molar-refractivity contribution is -0.274. The van der Waals surface area contributed by atoms with E-state index in [1.807, 2.05) is 0 Å². The second-order valence-electron chi connectivity index (χ2n) is 6.61. The third-order valence-electron chi connectivity index (χ3n) is 4.60. The second-order valence-corrected chi connectivity index (χ2v) is 6.61. The van der Waals surface area contributed by atoms with E-state index in [-0.39, 0.29) is 40.8 Å². The van der Waals surface area contributed by atoms with E-state index in [4.69, 9.17) is 6.57 Å². The number of carbonyl (C=O) groups excluding carboxylic acids is 1. The minimum absolute atomic E-state index is 0.0584. The number of amides is 1. The lowest BCUT2D eigenvalue weighted by Gasteiger charge is -2.12. The van der Waals surface area contributed by atoms with Gasteiger partial charge in [-0.15, -0.1) is 13.2 Å². The Kier molecular flexibility index (Phi) is 5.97. The molecule has 2 N–H and O–H groups in total. The number of halogens is 4. The number of nitrogens with zero attached hydrogens (tertiary/aromatic N) is 1. The largest absolute Gasteiger partial charge is 0.573 e. The third-order valence-corrected chi connectivity index (χ3v) is 4.60. The fourth-order valence-electron chi connectivity index (χ4n) is 3.26. The molecular formula is C21H14F4N2O4. The number of nitrogens with one attached hydrogen (secondary N) is 1. The van der Waals surface area contributed by atoms with E-state index in [0.717, 1.165) is 18.2 Å². The molecule has 0 saturated heterocycles. The molecule has 6 nitrogen and oxygen atoms in total. The van der Waals surface area contributed by atoms with Crippen LogP contribution in [-0.4, -0.2) is 29.4 Å². The first kappa shape index (κ1) is 21.8. The maximum atomic E-state index is 14.6. The number of ether oxygens (including phenoxy) is 1. The van der Waals surface area contributed by atoms with Crippen LogP contribution in [0, 0.1) is 12.4 Å². The fraction of sp³-hybridized carbons (Fsp3) is 0.190. The zero-order chi connectivity index (χ0) is 22.8. The number of carboxylic acids is 1. The highest BCUT2D eigenvalue weighted by molar-refractivity contribution is 6.10. The summed E-state index contributed by atoms with van der Waals surface area (Å²) in [6.45, 7) is 7.13. The van der Waals surface area contributed by atoms with Crippen LogP contribution in [0.2, 0.25) is 0 Å². The molecule has 0 aromatic heterocycles. The average molecular weight is 434 g/mol. The van der Waals surface area contributed by atoms with Crippen LogP contribution in [0.5, 0.6) is 5.75 Å². The van der Waals surface area contributed by atoms with Gasteiger partial charge in [-0.2, -0.15) is 0 Å². The van der Waals surface area contributed by atoms with E-state index in [1.165, 1.54) is 24.3 Å². The summed E-state index contributed by atoms with van der Waals surface area (Å²) in [4.78, 5) is 27.1. The second kappa shape index (κ2) is 8.47.